The highest BCUT2D eigenvalue weighted by Crippen LogP contribution is 2.65. The maximum absolute atomic E-state index is 13.9. The van der Waals surface area contributed by atoms with Crippen molar-refractivity contribution < 1.29 is 36.3 Å². The first kappa shape index (κ1) is 29.9. The number of carbonyl (C=O) groups is 3. The van der Waals surface area contributed by atoms with Gasteiger partial charge in [-0.15, -0.1) is 23.2 Å². The van der Waals surface area contributed by atoms with Crippen LogP contribution in [0.15, 0.2) is 54.6 Å². The van der Waals surface area contributed by atoms with Crippen LogP contribution in [0.3, 0.4) is 0 Å². The third-order valence-electron chi connectivity index (χ3n) is 5.85. The van der Waals surface area contributed by atoms with Crippen molar-refractivity contribution in [1.29, 1.82) is 0 Å². The largest absolute Gasteiger partial charge is 0.471 e. The van der Waals surface area contributed by atoms with Gasteiger partial charge in [0.2, 0.25) is 5.91 Å². The van der Waals surface area contributed by atoms with Crippen LogP contribution in [0.1, 0.15) is 21.8 Å². The molecule has 0 aliphatic heterocycles. The number of alkyl halides is 5. The molecular formula is C25H14Cl4F5N3O3. The number of anilines is 3. The van der Waals surface area contributed by atoms with Crippen LogP contribution in [0, 0.1) is 17.6 Å². The Bertz CT molecular complexity index is 1530. The van der Waals surface area contributed by atoms with E-state index in [1.807, 2.05) is 0 Å². The first-order valence-corrected chi connectivity index (χ1v) is 12.5. The summed E-state index contributed by atoms with van der Waals surface area (Å²) in [5.41, 5.74) is -0.589. The predicted octanol–water partition coefficient (Wildman–Crippen LogP) is 7.55. The Kier molecular flexibility index (Phi) is 8.24. The zero-order valence-corrected chi connectivity index (χ0v) is 22.5. The van der Waals surface area contributed by atoms with Gasteiger partial charge in [-0.3, -0.25) is 14.4 Å². The molecule has 3 amide bonds. The first-order valence-electron chi connectivity index (χ1n) is 11.0. The summed E-state index contributed by atoms with van der Waals surface area (Å²) in [6.45, 7) is 0. The van der Waals surface area contributed by atoms with E-state index in [-0.39, 0.29) is 27.0 Å². The third kappa shape index (κ3) is 6.27. The van der Waals surface area contributed by atoms with Gasteiger partial charge >= 0.3 is 12.1 Å². The van der Waals surface area contributed by atoms with E-state index in [4.69, 9.17) is 46.4 Å². The lowest BCUT2D eigenvalue weighted by molar-refractivity contribution is -0.167. The fourth-order valence-corrected chi connectivity index (χ4v) is 5.08. The summed E-state index contributed by atoms with van der Waals surface area (Å²) in [4.78, 5) is 36.9. The molecule has 0 radical (unpaired) electrons. The Hall–Kier alpha value is -3.12. The highest BCUT2D eigenvalue weighted by atomic mass is 35.5. The number of nitrogens with one attached hydrogen (secondary N) is 3. The molecule has 4 rings (SSSR count). The van der Waals surface area contributed by atoms with E-state index in [1.165, 1.54) is 35.6 Å². The number of carbonyl (C=O) groups excluding carboxylic acids is 3. The SMILES string of the molecule is O=C(Nc1ccc(F)c(NC(=O)C(F)(F)F)c1)c1cc(NC(=O)C2[C@H](c3ccc(F)c(Cl)c3)C2(Cl)Cl)ccc1Cl. The molecule has 0 bridgehead atoms. The van der Waals surface area contributed by atoms with Crippen LogP contribution in [-0.2, 0) is 9.59 Å². The highest BCUT2D eigenvalue weighted by molar-refractivity contribution is 6.53. The standard InChI is InChI=1S/C25H14Cl4F5N3O3/c26-14-4-2-11(36-22(39)20-19(24(20,28)29)10-1-5-16(30)15(27)7-10)8-13(14)21(38)35-12-3-6-17(31)18(9-12)37-23(40)25(32,33)34/h1-9,19-20H,(H,35,38)(H,36,39)(H,37,40)/t19-,20?/m0/s1. The molecular weight excluding hydrogens is 627 g/mol. The van der Waals surface area contributed by atoms with Crippen LogP contribution in [0.5, 0.6) is 0 Å². The Morgan fingerprint density at radius 2 is 1.40 bits per heavy atom. The maximum Gasteiger partial charge on any atom is 0.471 e. The Labute approximate surface area is 242 Å². The molecule has 1 unspecified atom stereocenters. The lowest BCUT2D eigenvalue weighted by atomic mass is 10.1. The van der Waals surface area contributed by atoms with E-state index in [0.29, 0.717) is 5.56 Å². The fraction of sp³-hybridized carbons (Fsp3) is 0.160. The van der Waals surface area contributed by atoms with Crippen LogP contribution in [0.4, 0.5) is 39.0 Å². The normalized spacial score (nSPS) is 17.6. The lowest BCUT2D eigenvalue weighted by Gasteiger charge is -2.12. The third-order valence-corrected chi connectivity index (χ3v) is 7.41. The smallest absolute Gasteiger partial charge is 0.326 e. The van der Waals surface area contributed by atoms with Crippen molar-refractivity contribution in [3.05, 3.63) is 87.4 Å². The van der Waals surface area contributed by atoms with Crippen molar-refractivity contribution >= 4 is 81.2 Å². The predicted molar refractivity (Wildman–Crippen MR) is 141 cm³/mol. The monoisotopic (exact) mass is 639 g/mol. The van der Waals surface area contributed by atoms with Gasteiger partial charge < -0.3 is 16.0 Å². The molecule has 0 aromatic heterocycles. The van der Waals surface area contributed by atoms with Crippen molar-refractivity contribution in [3.8, 4) is 0 Å². The number of benzene rings is 3. The minimum atomic E-state index is -5.26. The van der Waals surface area contributed by atoms with Crippen molar-refractivity contribution in [1.82, 2.24) is 0 Å². The van der Waals surface area contributed by atoms with Crippen LogP contribution < -0.4 is 16.0 Å². The topological polar surface area (TPSA) is 87.3 Å². The Balaban J connectivity index is 1.48. The molecule has 210 valence electrons. The Morgan fingerprint density at radius 3 is 2.05 bits per heavy atom. The summed E-state index contributed by atoms with van der Waals surface area (Å²) < 4.78 is 63.5. The molecule has 1 fully saturated rings. The molecule has 3 N–H and O–H groups in total. The molecule has 0 saturated heterocycles. The average molecular weight is 641 g/mol. The fourth-order valence-electron chi connectivity index (χ4n) is 3.86. The molecule has 0 heterocycles. The molecule has 1 aliphatic carbocycles. The molecule has 3 aromatic rings. The van der Waals surface area contributed by atoms with Crippen LogP contribution >= 0.6 is 46.4 Å². The maximum atomic E-state index is 13.9. The number of rotatable bonds is 6. The summed E-state index contributed by atoms with van der Waals surface area (Å²) in [6.07, 6.45) is -5.26. The second kappa shape index (κ2) is 11.0. The number of amides is 3. The van der Waals surface area contributed by atoms with E-state index in [1.54, 1.807) is 0 Å². The van der Waals surface area contributed by atoms with E-state index < -0.39 is 57.4 Å². The minimum absolute atomic E-state index is 0.0579. The summed E-state index contributed by atoms with van der Waals surface area (Å²) in [7, 11) is 0. The quantitative estimate of drug-likeness (QED) is 0.192. The van der Waals surface area contributed by atoms with Crippen LogP contribution in [0.2, 0.25) is 10.0 Å². The molecule has 15 heteroatoms. The zero-order valence-electron chi connectivity index (χ0n) is 19.5. The van der Waals surface area contributed by atoms with Gasteiger partial charge in [0.15, 0.2) is 0 Å². The van der Waals surface area contributed by atoms with Crippen molar-refractivity contribution in [2.45, 2.75) is 16.4 Å². The van der Waals surface area contributed by atoms with E-state index >= 15 is 0 Å². The molecule has 2 atom stereocenters. The van der Waals surface area contributed by atoms with Gasteiger partial charge in [-0.25, -0.2) is 8.78 Å². The van der Waals surface area contributed by atoms with Gasteiger partial charge in [-0.2, -0.15) is 13.2 Å². The molecule has 3 aromatic carbocycles. The number of halogens is 9. The van der Waals surface area contributed by atoms with E-state index in [0.717, 1.165) is 24.3 Å². The number of hydrogen-bond donors (Lipinski definition) is 3. The second-order valence-electron chi connectivity index (χ2n) is 8.59. The highest BCUT2D eigenvalue weighted by Gasteiger charge is 2.67. The van der Waals surface area contributed by atoms with Crippen LogP contribution in [-0.4, -0.2) is 28.2 Å². The van der Waals surface area contributed by atoms with Gasteiger partial charge in [0.25, 0.3) is 5.91 Å². The van der Waals surface area contributed by atoms with E-state index in [9.17, 15) is 36.3 Å². The lowest BCUT2D eigenvalue weighted by Crippen LogP contribution is -2.30. The second-order valence-corrected chi connectivity index (χ2v) is 10.8. The van der Waals surface area contributed by atoms with Crippen LogP contribution in [0.25, 0.3) is 0 Å². The van der Waals surface area contributed by atoms with Gasteiger partial charge in [0.1, 0.15) is 16.0 Å². The van der Waals surface area contributed by atoms with E-state index in [2.05, 4.69) is 10.6 Å². The Morgan fingerprint density at radius 1 is 0.775 bits per heavy atom. The number of hydrogen-bond acceptors (Lipinski definition) is 3. The first-order chi connectivity index (χ1) is 18.6. The van der Waals surface area contributed by atoms with Crippen molar-refractivity contribution in [2.75, 3.05) is 16.0 Å². The minimum Gasteiger partial charge on any atom is -0.326 e. The van der Waals surface area contributed by atoms with Gasteiger partial charge in [-0.1, -0.05) is 29.3 Å². The summed E-state index contributed by atoms with van der Waals surface area (Å²) in [6, 6.07) is 10.3. The summed E-state index contributed by atoms with van der Waals surface area (Å²) in [5, 5.41) is 6.04. The molecule has 1 aliphatic rings. The van der Waals surface area contributed by atoms with Crippen molar-refractivity contribution in [2.24, 2.45) is 5.92 Å². The van der Waals surface area contributed by atoms with Gasteiger partial charge in [-0.05, 0) is 54.1 Å². The van der Waals surface area contributed by atoms with Crippen molar-refractivity contribution in [3.63, 3.8) is 0 Å². The molecule has 40 heavy (non-hydrogen) atoms. The zero-order chi connectivity index (χ0) is 29.6. The molecule has 0 spiro atoms. The van der Waals surface area contributed by atoms with Gasteiger partial charge in [0.05, 0.1) is 27.2 Å². The molecule has 1 saturated carbocycles. The average Bonchev–Trinajstić information content (AvgIpc) is 3.45. The van der Waals surface area contributed by atoms with Gasteiger partial charge in [0, 0.05) is 17.3 Å². The summed E-state index contributed by atoms with van der Waals surface area (Å²) in [5.74, 6) is -7.36. The molecule has 6 nitrogen and oxygen atoms in total. The summed E-state index contributed by atoms with van der Waals surface area (Å²) >= 11 is 24.5.